The smallest absolute Gasteiger partial charge is 0.282 e. The predicted molar refractivity (Wildman–Crippen MR) is 114 cm³/mol. The van der Waals surface area contributed by atoms with Crippen LogP contribution < -0.4 is 14.4 Å². The topological polar surface area (TPSA) is 79.3 Å². The molecule has 1 aliphatic rings. The number of ether oxygens (including phenoxy) is 2. The summed E-state index contributed by atoms with van der Waals surface area (Å²) in [5, 5.41) is 9.38. The van der Waals surface area contributed by atoms with E-state index >= 15 is 0 Å². The number of hydrogen-bond donors (Lipinski definition) is 1. The van der Waals surface area contributed by atoms with E-state index in [1.807, 2.05) is 13.8 Å². The first kappa shape index (κ1) is 21.4. The van der Waals surface area contributed by atoms with E-state index in [0.29, 0.717) is 22.7 Å². The van der Waals surface area contributed by atoms with Gasteiger partial charge in [-0.05, 0) is 44.2 Å². The SMILES string of the molecule is COc1ccccc1C1=C(N(C)CCO)C(=O)N(c2ccc(OC(C)C)cc2)C1=O. The third kappa shape index (κ3) is 4.02. The highest BCUT2D eigenvalue weighted by Crippen LogP contribution is 2.38. The number of anilines is 1. The summed E-state index contributed by atoms with van der Waals surface area (Å²) in [5.41, 5.74) is 1.44. The first-order chi connectivity index (χ1) is 14.4. The fourth-order valence-corrected chi connectivity index (χ4v) is 3.41. The first-order valence-electron chi connectivity index (χ1n) is 9.74. The molecule has 0 bridgehead atoms. The summed E-state index contributed by atoms with van der Waals surface area (Å²) in [4.78, 5) is 29.5. The van der Waals surface area contributed by atoms with Crippen LogP contribution in [0.4, 0.5) is 5.69 Å². The molecular weight excluding hydrogens is 384 g/mol. The Morgan fingerprint density at radius 3 is 2.30 bits per heavy atom. The van der Waals surface area contributed by atoms with Gasteiger partial charge in [-0.1, -0.05) is 18.2 Å². The number of nitrogens with zero attached hydrogens (tertiary/aromatic N) is 2. The molecule has 0 aromatic heterocycles. The van der Waals surface area contributed by atoms with E-state index in [-0.39, 0.29) is 30.5 Å². The number of hydrogen-bond acceptors (Lipinski definition) is 6. The number of aliphatic hydroxyl groups is 1. The number of benzene rings is 2. The summed E-state index contributed by atoms with van der Waals surface area (Å²) in [6.45, 7) is 3.91. The van der Waals surface area contributed by atoms with Gasteiger partial charge in [0.2, 0.25) is 0 Å². The van der Waals surface area contributed by atoms with Crippen LogP contribution in [-0.4, -0.2) is 55.2 Å². The Morgan fingerprint density at radius 1 is 1.03 bits per heavy atom. The molecule has 2 aromatic carbocycles. The molecule has 7 heteroatoms. The molecule has 0 fully saturated rings. The maximum Gasteiger partial charge on any atom is 0.282 e. The van der Waals surface area contributed by atoms with Gasteiger partial charge in [0.1, 0.15) is 17.2 Å². The molecule has 2 aromatic rings. The van der Waals surface area contributed by atoms with E-state index in [1.54, 1.807) is 60.5 Å². The highest BCUT2D eigenvalue weighted by atomic mass is 16.5. The molecule has 0 unspecified atom stereocenters. The van der Waals surface area contributed by atoms with Gasteiger partial charge in [0, 0.05) is 19.2 Å². The lowest BCUT2D eigenvalue weighted by Crippen LogP contribution is -2.34. The number of methoxy groups -OCH3 is 1. The van der Waals surface area contributed by atoms with Crippen molar-refractivity contribution in [1.29, 1.82) is 0 Å². The number of carbonyl (C=O) groups excluding carboxylic acids is 2. The molecule has 0 aliphatic carbocycles. The zero-order valence-electron chi connectivity index (χ0n) is 17.6. The Hall–Kier alpha value is -3.32. The summed E-state index contributed by atoms with van der Waals surface area (Å²) in [6.07, 6.45) is 0.0171. The van der Waals surface area contributed by atoms with Crippen molar-refractivity contribution in [3.63, 3.8) is 0 Å². The van der Waals surface area contributed by atoms with E-state index in [9.17, 15) is 14.7 Å². The quantitative estimate of drug-likeness (QED) is 0.674. The normalized spacial score (nSPS) is 14.0. The molecule has 3 rings (SSSR count). The van der Waals surface area contributed by atoms with Crippen molar-refractivity contribution in [1.82, 2.24) is 4.90 Å². The molecule has 1 N–H and O–H groups in total. The molecule has 0 saturated heterocycles. The molecule has 1 aliphatic heterocycles. The standard InChI is InChI=1S/C23H26N2O5/c1-15(2)30-17-11-9-16(10-12-17)25-22(27)20(18-7-5-6-8-19(18)29-4)21(23(25)28)24(3)13-14-26/h5-12,15,26H,13-14H2,1-4H3. The molecule has 0 atom stereocenters. The van der Waals surface area contributed by atoms with Crippen LogP contribution in [0.3, 0.4) is 0 Å². The van der Waals surface area contributed by atoms with Crippen LogP contribution in [0.2, 0.25) is 0 Å². The largest absolute Gasteiger partial charge is 0.496 e. The Labute approximate surface area is 176 Å². The number of likely N-dealkylation sites (N-methyl/N-ethyl adjacent to an activating group) is 1. The van der Waals surface area contributed by atoms with Crippen molar-refractivity contribution in [3.05, 3.63) is 59.8 Å². The van der Waals surface area contributed by atoms with Gasteiger partial charge in [0.05, 0.1) is 31.1 Å². The number of para-hydroxylation sites is 1. The summed E-state index contributed by atoms with van der Waals surface area (Å²) < 4.78 is 11.1. The van der Waals surface area contributed by atoms with Gasteiger partial charge in [0.25, 0.3) is 11.8 Å². The van der Waals surface area contributed by atoms with Crippen LogP contribution in [0, 0.1) is 0 Å². The molecule has 0 spiro atoms. The van der Waals surface area contributed by atoms with Crippen molar-refractivity contribution < 1.29 is 24.2 Å². The number of carbonyl (C=O) groups is 2. The lowest BCUT2D eigenvalue weighted by Gasteiger charge is -2.20. The monoisotopic (exact) mass is 410 g/mol. The molecule has 0 saturated carbocycles. The molecule has 2 amide bonds. The van der Waals surface area contributed by atoms with Crippen LogP contribution in [0.25, 0.3) is 5.57 Å². The lowest BCUT2D eigenvalue weighted by molar-refractivity contribution is -0.120. The van der Waals surface area contributed by atoms with Gasteiger partial charge in [-0.2, -0.15) is 0 Å². The Bertz CT molecular complexity index is 966. The predicted octanol–water partition coefficient (Wildman–Crippen LogP) is 2.69. The second kappa shape index (κ2) is 9.00. The second-order valence-corrected chi connectivity index (χ2v) is 7.18. The van der Waals surface area contributed by atoms with E-state index in [1.165, 1.54) is 7.11 Å². The lowest BCUT2D eigenvalue weighted by atomic mass is 10.0. The van der Waals surface area contributed by atoms with Crippen LogP contribution in [0.15, 0.2) is 54.2 Å². The molecule has 7 nitrogen and oxygen atoms in total. The van der Waals surface area contributed by atoms with Crippen LogP contribution >= 0.6 is 0 Å². The van der Waals surface area contributed by atoms with Gasteiger partial charge >= 0.3 is 0 Å². The van der Waals surface area contributed by atoms with Gasteiger partial charge in [-0.15, -0.1) is 0 Å². The molecule has 0 radical (unpaired) electrons. The highest BCUT2D eigenvalue weighted by Gasteiger charge is 2.42. The number of aliphatic hydroxyl groups excluding tert-OH is 1. The zero-order chi connectivity index (χ0) is 21.8. The Balaban J connectivity index is 2.07. The van der Waals surface area contributed by atoms with Gasteiger partial charge < -0.3 is 19.5 Å². The van der Waals surface area contributed by atoms with Gasteiger partial charge in [0.15, 0.2) is 0 Å². The summed E-state index contributed by atoms with van der Waals surface area (Å²) >= 11 is 0. The molecular formula is C23H26N2O5. The van der Waals surface area contributed by atoms with E-state index in [2.05, 4.69) is 0 Å². The molecule has 158 valence electrons. The second-order valence-electron chi connectivity index (χ2n) is 7.18. The van der Waals surface area contributed by atoms with Crippen molar-refractivity contribution in [2.45, 2.75) is 20.0 Å². The van der Waals surface area contributed by atoms with Crippen LogP contribution in [-0.2, 0) is 9.59 Å². The fraction of sp³-hybridized carbons (Fsp3) is 0.304. The fourth-order valence-electron chi connectivity index (χ4n) is 3.41. The Kier molecular flexibility index (Phi) is 6.42. The Morgan fingerprint density at radius 2 is 1.70 bits per heavy atom. The maximum absolute atomic E-state index is 13.4. The minimum Gasteiger partial charge on any atom is -0.496 e. The highest BCUT2D eigenvalue weighted by molar-refractivity contribution is 6.45. The number of amides is 2. The van der Waals surface area contributed by atoms with Crippen molar-refractivity contribution in [2.24, 2.45) is 0 Å². The van der Waals surface area contributed by atoms with Crippen LogP contribution in [0.5, 0.6) is 11.5 Å². The maximum atomic E-state index is 13.4. The average molecular weight is 410 g/mol. The van der Waals surface area contributed by atoms with Crippen molar-refractivity contribution in [2.75, 3.05) is 32.2 Å². The van der Waals surface area contributed by atoms with Crippen LogP contribution in [0.1, 0.15) is 19.4 Å². The zero-order valence-corrected chi connectivity index (χ0v) is 17.6. The van der Waals surface area contributed by atoms with Gasteiger partial charge in [-0.3, -0.25) is 9.59 Å². The van der Waals surface area contributed by atoms with E-state index in [4.69, 9.17) is 9.47 Å². The molecule has 1 heterocycles. The third-order valence-corrected chi connectivity index (χ3v) is 4.72. The van der Waals surface area contributed by atoms with Crippen molar-refractivity contribution in [3.8, 4) is 11.5 Å². The minimum absolute atomic E-state index is 0.0171. The third-order valence-electron chi connectivity index (χ3n) is 4.72. The van der Waals surface area contributed by atoms with Gasteiger partial charge in [-0.25, -0.2) is 4.90 Å². The molecule has 30 heavy (non-hydrogen) atoms. The summed E-state index contributed by atoms with van der Waals surface area (Å²) in [6, 6.07) is 13.9. The number of imide groups is 1. The summed E-state index contributed by atoms with van der Waals surface area (Å²) in [7, 11) is 3.19. The average Bonchev–Trinajstić information content (AvgIpc) is 2.98. The summed E-state index contributed by atoms with van der Waals surface area (Å²) in [5.74, 6) is 0.255. The minimum atomic E-state index is -0.450. The first-order valence-corrected chi connectivity index (χ1v) is 9.74. The number of rotatable bonds is 8. The van der Waals surface area contributed by atoms with E-state index in [0.717, 1.165) is 4.90 Å². The van der Waals surface area contributed by atoms with Crippen molar-refractivity contribution >= 4 is 23.1 Å². The van der Waals surface area contributed by atoms with E-state index < -0.39 is 11.8 Å².